The second-order valence-electron chi connectivity index (χ2n) is 7.56. The molecule has 170 valence electrons. The highest BCUT2D eigenvalue weighted by Gasteiger charge is 2.35. The molecule has 1 aliphatic rings. The van der Waals surface area contributed by atoms with Crippen molar-refractivity contribution in [3.05, 3.63) is 86.8 Å². The summed E-state index contributed by atoms with van der Waals surface area (Å²) < 4.78 is 6.74. The van der Waals surface area contributed by atoms with Crippen LogP contribution in [0.3, 0.4) is 0 Å². The van der Waals surface area contributed by atoms with E-state index in [1.807, 2.05) is 42.5 Å². The van der Waals surface area contributed by atoms with Crippen molar-refractivity contribution >= 4 is 62.3 Å². The normalized spacial score (nSPS) is 15.4. The predicted molar refractivity (Wildman–Crippen MR) is 134 cm³/mol. The van der Waals surface area contributed by atoms with Gasteiger partial charge in [-0.1, -0.05) is 51.3 Å². The number of hydrazine groups is 1. The number of carbonyl (C=O) groups is 2. The molecule has 0 aromatic heterocycles. The lowest BCUT2D eigenvalue weighted by Crippen LogP contribution is -2.36. The third-order valence-corrected chi connectivity index (χ3v) is 6.46. The molecule has 1 fully saturated rings. The van der Waals surface area contributed by atoms with E-state index in [1.54, 1.807) is 29.2 Å². The number of anilines is 2. The minimum Gasteiger partial charge on any atom is -0.489 e. The monoisotopic (exact) mass is 547 g/mol. The Morgan fingerprint density at radius 1 is 1.06 bits per heavy atom. The summed E-state index contributed by atoms with van der Waals surface area (Å²) in [5.74, 6) is -0.138. The number of benzene rings is 3. The summed E-state index contributed by atoms with van der Waals surface area (Å²) in [6, 6.07) is 20.0. The van der Waals surface area contributed by atoms with Crippen molar-refractivity contribution in [1.29, 1.82) is 0 Å². The topological polar surface area (TPSA) is 70.7 Å². The smallest absolute Gasteiger partial charge is 0.243 e. The van der Waals surface area contributed by atoms with Gasteiger partial charge < -0.3 is 9.64 Å². The second kappa shape index (κ2) is 10.5. The number of nitrogens with zero attached hydrogens (tertiary/aromatic N) is 1. The van der Waals surface area contributed by atoms with Gasteiger partial charge in [0.2, 0.25) is 11.8 Å². The number of ether oxygens (including phenoxy) is 1. The molecule has 1 atom stereocenters. The summed E-state index contributed by atoms with van der Waals surface area (Å²) >= 11 is 15.4. The number of halogens is 3. The fourth-order valence-electron chi connectivity index (χ4n) is 3.45. The number of hydrogen-bond donors (Lipinski definition) is 2. The van der Waals surface area contributed by atoms with Crippen molar-refractivity contribution in [1.82, 2.24) is 5.43 Å². The first-order chi connectivity index (χ1) is 15.9. The van der Waals surface area contributed by atoms with E-state index in [0.29, 0.717) is 34.6 Å². The van der Waals surface area contributed by atoms with Gasteiger partial charge in [-0.15, -0.1) is 0 Å². The van der Waals surface area contributed by atoms with E-state index in [4.69, 9.17) is 27.9 Å². The van der Waals surface area contributed by atoms with Crippen LogP contribution in [0, 0.1) is 5.92 Å². The van der Waals surface area contributed by atoms with E-state index in [-0.39, 0.29) is 18.2 Å². The van der Waals surface area contributed by atoms with Crippen LogP contribution in [-0.2, 0) is 16.2 Å². The largest absolute Gasteiger partial charge is 0.489 e. The highest BCUT2D eigenvalue weighted by atomic mass is 79.9. The Morgan fingerprint density at radius 2 is 1.85 bits per heavy atom. The minimum absolute atomic E-state index is 0.0739. The molecule has 0 radical (unpaired) electrons. The Balaban J connectivity index is 1.30. The Labute approximate surface area is 209 Å². The van der Waals surface area contributed by atoms with E-state index < -0.39 is 5.92 Å². The van der Waals surface area contributed by atoms with E-state index >= 15 is 0 Å². The molecule has 1 heterocycles. The maximum absolute atomic E-state index is 12.6. The van der Waals surface area contributed by atoms with Crippen LogP contribution in [0.25, 0.3) is 0 Å². The standard InChI is InChI=1S/C24H20BrCl2N3O3/c25-17-5-7-19(8-6-17)30-13-16(11-23(30)31)24(32)29-28-18-2-1-3-20(12-18)33-14-15-4-9-21(26)22(27)10-15/h1-10,12,16,28H,11,13-14H2,(H,29,32)/t16-/m0/s1. The third-order valence-electron chi connectivity index (χ3n) is 5.19. The summed E-state index contributed by atoms with van der Waals surface area (Å²) in [6.45, 7) is 0.656. The van der Waals surface area contributed by atoms with E-state index in [1.165, 1.54) is 0 Å². The molecule has 9 heteroatoms. The van der Waals surface area contributed by atoms with Gasteiger partial charge in [0, 0.05) is 29.2 Å². The van der Waals surface area contributed by atoms with Gasteiger partial charge in [0.15, 0.2) is 0 Å². The molecule has 3 aromatic rings. The summed E-state index contributed by atoms with van der Waals surface area (Å²) in [5.41, 5.74) is 7.91. The first-order valence-electron chi connectivity index (χ1n) is 10.2. The lowest BCUT2D eigenvalue weighted by molar-refractivity contribution is -0.125. The molecule has 0 aliphatic carbocycles. The first kappa shape index (κ1) is 23.4. The molecule has 0 unspecified atom stereocenters. The number of rotatable bonds is 7. The van der Waals surface area contributed by atoms with Gasteiger partial charge in [-0.25, -0.2) is 0 Å². The van der Waals surface area contributed by atoms with Crippen LogP contribution in [-0.4, -0.2) is 18.4 Å². The highest BCUT2D eigenvalue weighted by molar-refractivity contribution is 9.10. The van der Waals surface area contributed by atoms with Crippen molar-refractivity contribution in [2.24, 2.45) is 5.92 Å². The van der Waals surface area contributed by atoms with Gasteiger partial charge >= 0.3 is 0 Å². The van der Waals surface area contributed by atoms with Crippen molar-refractivity contribution in [3.8, 4) is 5.75 Å². The van der Waals surface area contributed by atoms with Gasteiger partial charge in [0.25, 0.3) is 0 Å². The van der Waals surface area contributed by atoms with Crippen LogP contribution < -0.4 is 20.5 Å². The summed E-state index contributed by atoms with van der Waals surface area (Å²) in [5, 5.41) is 0.964. The Hall–Kier alpha value is -2.74. The van der Waals surface area contributed by atoms with E-state index in [9.17, 15) is 9.59 Å². The van der Waals surface area contributed by atoms with Gasteiger partial charge in [0.05, 0.1) is 21.7 Å². The molecule has 33 heavy (non-hydrogen) atoms. The van der Waals surface area contributed by atoms with Crippen molar-refractivity contribution in [3.63, 3.8) is 0 Å². The minimum atomic E-state index is -0.442. The Bertz CT molecular complexity index is 1170. The molecule has 3 aromatic carbocycles. The fraction of sp³-hybridized carbons (Fsp3) is 0.167. The summed E-state index contributed by atoms with van der Waals surface area (Å²) in [7, 11) is 0. The van der Waals surface area contributed by atoms with Crippen LogP contribution in [0.5, 0.6) is 5.75 Å². The molecular formula is C24H20BrCl2N3O3. The summed E-state index contributed by atoms with van der Waals surface area (Å²) in [6.07, 6.45) is 0.163. The molecule has 0 spiro atoms. The number of hydrogen-bond acceptors (Lipinski definition) is 4. The molecule has 4 rings (SSSR count). The maximum atomic E-state index is 12.6. The van der Waals surface area contributed by atoms with E-state index in [2.05, 4.69) is 26.8 Å². The zero-order valence-corrected chi connectivity index (χ0v) is 20.5. The van der Waals surface area contributed by atoms with Crippen LogP contribution >= 0.6 is 39.1 Å². The van der Waals surface area contributed by atoms with Gasteiger partial charge in [-0.05, 0) is 54.1 Å². The fourth-order valence-corrected chi connectivity index (χ4v) is 4.03. The van der Waals surface area contributed by atoms with Crippen LogP contribution in [0.4, 0.5) is 11.4 Å². The van der Waals surface area contributed by atoms with Crippen molar-refractivity contribution in [2.75, 3.05) is 16.9 Å². The molecule has 0 bridgehead atoms. The summed E-state index contributed by atoms with van der Waals surface area (Å²) in [4.78, 5) is 26.7. The molecule has 2 amide bonds. The average Bonchev–Trinajstić information content (AvgIpc) is 3.21. The number of nitrogens with one attached hydrogen (secondary N) is 2. The zero-order chi connectivity index (χ0) is 23.4. The maximum Gasteiger partial charge on any atom is 0.243 e. The van der Waals surface area contributed by atoms with E-state index in [0.717, 1.165) is 15.7 Å². The second-order valence-corrected chi connectivity index (χ2v) is 9.29. The molecule has 1 aliphatic heterocycles. The van der Waals surface area contributed by atoms with Crippen molar-refractivity contribution in [2.45, 2.75) is 13.0 Å². The van der Waals surface area contributed by atoms with Crippen molar-refractivity contribution < 1.29 is 14.3 Å². The molecule has 1 saturated heterocycles. The van der Waals surface area contributed by atoms with Crippen LogP contribution in [0.2, 0.25) is 10.0 Å². The van der Waals surface area contributed by atoms with Crippen LogP contribution in [0.15, 0.2) is 71.2 Å². The molecule has 0 saturated carbocycles. The third kappa shape index (κ3) is 5.99. The highest BCUT2D eigenvalue weighted by Crippen LogP contribution is 2.27. The van der Waals surface area contributed by atoms with Gasteiger partial charge in [-0.2, -0.15) is 0 Å². The Kier molecular flexibility index (Phi) is 7.42. The average molecular weight is 549 g/mol. The lowest BCUT2D eigenvalue weighted by atomic mass is 10.1. The zero-order valence-electron chi connectivity index (χ0n) is 17.4. The molecule has 2 N–H and O–H groups in total. The number of carbonyl (C=O) groups excluding carboxylic acids is 2. The van der Waals surface area contributed by atoms with Gasteiger partial charge in [-0.3, -0.25) is 20.4 Å². The molecular weight excluding hydrogens is 529 g/mol. The number of amides is 2. The first-order valence-corrected chi connectivity index (χ1v) is 11.7. The Morgan fingerprint density at radius 3 is 2.61 bits per heavy atom. The SMILES string of the molecule is O=C(NNc1cccc(OCc2ccc(Cl)c(Cl)c2)c1)[C@H]1CC(=O)N(c2ccc(Br)cc2)C1. The lowest BCUT2D eigenvalue weighted by Gasteiger charge is -2.17. The quantitative estimate of drug-likeness (QED) is 0.364. The predicted octanol–water partition coefficient (Wildman–Crippen LogP) is 5.83. The van der Waals surface area contributed by atoms with Gasteiger partial charge in [0.1, 0.15) is 12.4 Å². The van der Waals surface area contributed by atoms with Crippen LogP contribution in [0.1, 0.15) is 12.0 Å². The molecule has 6 nitrogen and oxygen atoms in total.